The Kier molecular flexibility index (Phi) is 7.48. The van der Waals surface area contributed by atoms with E-state index in [2.05, 4.69) is 15.6 Å². The Morgan fingerprint density at radius 3 is 2.54 bits per heavy atom. The molecule has 0 saturated carbocycles. The number of anilines is 1. The number of hydrogen-bond donors (Lipinski definition) is 2. The topological polar surface area (TPSA) is 56.7 Å². The summed E-state index contributed by atoms with van der Waals surface area (Å²) in [7, 11) is 3.84. The normalized spacial score (nSPS) is 11.2. The fourth-order valence-corrected chi connectivity index (χ4v) is 2.61. The first-order valence-corrected chi connectivity index (χ1v) is 8.89. The number of aliphatic imine (C=N–C) groups is 1. The molecule has 0 atom stereocenters. The van der Waals surface area contributed by atoms with Crippen LogP contribution in [0.25, 0.3) is 0 Å². The quantitative estimate of drug-likeness (QED) is 0.600. The van der Waals surface area contributed by atoms with Gasteiger partial charge in [0.15, 0.2) is 5.96 Å². The van der Waals surface area contributed by atoms with Crippen LogP contribution in [0.5, 0.6) is 0 Å². The molecule has 0 saturated heterocycles. The molecule has 138 valence electrons. The second kappa shape index (κ2) is 9.82. The van der Waals surface area contributed by atoms with E-state index in [0.717, 1.165) is 17.1 Å². The van der Waals surface area contributed by atoms with Gasteiger partial charge in [0.05, 0.1) is 17.3 Å². The van der Waals surface area contributed by atoms with Gasteiger partial charge in [-0.3, -0.25) is 4.79 Å². The van der Waals surface area contributed by atoms with E-state index in [1.54, 1.807) is 0 Å². The Morgan fingerprint density at radius 1 is 1.15 bits per heavy atom. The number of halogens is 1. The summed E-state index contributed by atoms with van der Waals surface area (Å²) >= 11 is 6.14. The lowest BCUT2D eigenvalue weighted by Gasteiger charge is -2.17. The first-order valence-electron chi connectivity index (χ1n) is 8.51. The summed E-state index contributed by atoms with van der Waals surface area (Å²) in [5.74, 6) is 0.652. The van der Waals surface area contributed by atoms with Gasteiger partial charge in [0.1, 0.15) is 0 Å². The van der Waals surface area contributed by atoms with Gasteiger partial charge < -0.3 is 15.5 Å². The number of guanidine groups is 1. The maximum atomic E-state index is 12.1. The van der Waals surface area contributed by atoms with Crippen LogP contribution in [0.4, 0.5) is 5.69 Å². The molecular weight excluding hydrogens is 348 g/mol. The first kappa shape index (κ1) is 19.8. The predicted molar refractivity (Wildman–Crippen MR) is 109 cm³/mol. The monoisotopic (exact) mass is 372 g/mol. The van der Waals surface area contributed by atoms with Crippen molar-refractivity contribution in [2.24, 2.45) is 4.99 Å². The molecule has 2 N–H and O–H groups in total. The minimum absolute atomic E-state index is 0.0931. The third-order valence-corrected chi connectivity index (χ3v) is 4.02. The maximum absolute atomic E-state index is 12.1. The van der Waals surface area contributed by atoms with Crippen LogP contribution in [0.1, 0.15) is 17.5 Å². The van der Waals surface area contributed by atoms with E-state index in [-0.39, 0.29) is 5.91 Å². The molecule has 0 aromatic heterocycles. The Labute approximate surface area is 160 Å². The summed E-state index contributed by atoms with van der Waals surface area (Å²) in [5, 5.41) is 6.59. The van der Waals surface area contributed by atoms with Gasteiger partial charge in [0.2, 0.25) is 5.91 Å². The molecule has 26 heavy (non-hydrogen) atoms. The second-order valence-corrected chi connectivity index (χ2v) is 6.64. The van der Waals surface area contributed by atoms with Crippen LogP contribution in [0.2, 0.25) is 5.02 Å². The smallest absolute Gasteiger partial charge is 0.226 e. The Hall–Kier alpha value is -2.53. The van der Waals surface area contributed by atoms with Crippen molar-refractivity contribution in [1.29, 1.82) is 0 Å². The van der Waals surface area contributed by atoms with Crippen molar-refractivity contribution in [3.8, 4) is 0 Å². The highest BCUT2D eigenvalue weighted by atomic mass is 35.5. The number of carbonyl (C=O) groups is 1. The number of nitrogens with zero attached hydrogens (tertiary/aromatic N) is 2. The van der Waals surface area contributed by atoms with E-state index in [9.17, 15) is 4.79 Å². The fourth-order valence-electron chi connectivity index (χ4n) is 2.33. The fraction of sp³-hybridized carbons (Fsp3) is 0.300. The molecule has 0 unspecified atom stereocenters. The number of carbonyl (C=O) groups excluding carboxylic acids is 1. The van der Waals surface area contributed by atoms with E-state index in [1.807, 2.05) is 74.4 Å². The Bertz CT molecular complexity index is 760. The van der Waals surface area contributed by atoms with Gasteiger partial charge in [-0.05, 0) is 30.2 Å². The van der Waals surface area contributed by atoms with Crippen LogP contribution < -0.4 is 10.6 Å². The maximum Gasteiger partial charge on any atom is 0.226 e. The number of nitrogens with one attached hydrogen (secondary N) is 2. The number of amides is 1. The van der Waals surface area contributed by atoms with Crippen LogP contribution in [-0.2, 0) is 11.3 Å². The summed E-state index contributed by atoms with van der Waals surface area (Å²) in [4.78, 5) is 18.6. The zero-order valence-corrected chi connectivity index (χ0v) is 16.2. The van der Waals surface area contributed by atoms with Crippen molar-refractivity contribution >= 4 is 29.2 Å². The lowest BCUT2D eigenvalue weighted by atomic mass is 10.2. The van der Waals surface area contributed by atoms with Gasteiger partial charge in [0, 0.05) is 27.1 Å². The summed E-state index contributed by atoms with van der Waals surface area (Å²) in [6.07, 6.45) is 0.322. The molecule has 0 heterocycles. The van der Waals surface area contributed by atoms with Crippen LogP contribution >= 0.6 is 11.6 Å². The van der Waals surface area contributed by atoms with E-state index in [0.29, 0.717) is 30.2 Å². The summed E-state index contributed by atoms with van der Waals surface area (Å²) in [5.41, 5.74) is 2.83. The standard InChI is InChI=1S/C20H25ClN4O/c1-15-9-10-18(17(21)13-15)24-19(26)11-12-22-20(25(2)3)23-14-16-7-5-4-6-8-16/h4-10,13H,11-12,14H2,1-3H3,(H,22,23)(H,24,26). The van der Waals surface area contributed by atoms with Crippen molar-refractivity contribution < 1.29 is 4.79 Å². The highest BCUT2D eigenvalue weighted by Crippen LogP contribution is 2.22. The molecule has 5 nitrogen and oxygen atoms in total. The molecular formula is C20H25ClN4O. The molecule has 0 aliphatic heterocycles. The Balaban J connectivity index is 1.84. The molecule has 0 spiro atoms. The highest BCUT2D eigenvalue weighted by Gasteiger charge is 2.07. The Morgan fingerprint density at radius 2 is 1.88 bits per heavy atom. The molecule has 0 aliphatic carbocycles. The SMILES string of the molecule is Cc1ccc(NC(=O)CCNC(=NCc2ccccc2)N(C)C)c(Cl)c1. The van der Waals surface area contributed by atoms with E-state index >= 15 is 0 Å². The van der Waals surface area contributed by atoms with Crippen molar-refractivity contribution in [3.63, 3.8) is 0 Å². The molecule has 2 aromatic rings. The van der Waals surface area contributed by atoms with Crippen LogP contribution in [-0.4, -0.2) is 37.4 Å². The molecule has 1 amide bonds. The summed E-state index contributed by atoms with van der Waals surface area (Å²) in [6, 6.07) is 15.6. The van der Waals surface area contributed by atoms with E-state index in [1.165, 1.54) is 0 Å². The van der Waals surface area contributed by atoms with Gasteiger partial charge in [0.25, 0.3) is 0 Å². The van der Waals surface area contributed by atoms with Crippen molar-refractivity contribution in [3.05, 3.63) is 64.7 Å². The molecule has 2 aromatic carbocycles. The van der Waals surface area contributed by atoms with Crippen LogP contribution in [0, 0.1) is 6.92 Å². The summed E-state index contributed by atoms with van der Waals surface area (Å²) < 4.78 is 0. The van der Waals surface area contributed by atoms with Crippen molar-refractivity contribution in [1.82, 2.24) is 10.2 Å². The lowest BCUT2D eigenvalue weighted by Crippen LogP contribution is -2.38. The van der Waals surface area contributed by atoms with Gasteiger partial charge >= 0.3 is 0 Å². The third kappa shape index (κ3) is 6.41. The minimum atomic E-state index is -0.0931. The number of hydrogen-bond acceptors (Lipinski definition) is 2. The zero-order valence-electron chi connectivity index (χ0n) is 15.4. The molecule has 0 bridgehead atoms. The number of aryl methyl sites for hydroxylation is 1. The van der Waals surface area contributed by atoms with Crippen molar-refractivity contribution in [2.75, 3.05) is 26.0 Å². The van der Waals surface area contributed by atoms with Gasteiger partial charge in [-0.15, -0.1) is 0 Å². The minimum Gasteiger partial charge on any atom is -0.356 e. The third-order valence-electron chi connectivity index (χ3n) is 3.71. The number of rotatable bonds is 6. The van der Waals surface area contributed by atoms with Crippen molar-refractivity contribution in [2.45, 2.75) is 19.9 Å². The zero-order chi connectivity index (χ0) is 18.9. The van der Waals surface area contributed by atoms with E-state index in [4.69, 9.17) is 11.6 Å². The average Bonchev–Trinajstić information content (AvgIpc) is 2.61. The summed E-state index contributed by atoms with van der Waals surface area (Å²) in [6.45, 7) is 3.03. The largest absolute Gasteiger partial charge is 0.356 e. The molecule has 0 aliphatic rings. The molecule has 0 radical (unpaired) electrons. The predicted octanol–water partition coefficient (Wildman–Crippen LogP) is 3.68. The molecule has 6 heteroatoms. The number of benzene rings is 2. The van der Waals surface area contributed by atoms with Gasteiger partial charge in [-0.2, -0.15) is 0 Å². The van der Waals surface area contributed by atoms with Gasteiger partial charge in [-0.1, -0.05) is 48.0 Å². The second-order valence-electron chi connectivity index (χ2n) is 6.23. The average molecular weight is 373 g/mol. The lowest BCUT2D eigenvalue weighted by molar-refractivity contribution is -0.116. The molecule has 2 rings (SSSR count). The molecule has 0 fully saturated rings. The van der Waals surface area contributed by atoms with Crippen LogP contribution in [0.15, 0.2) is 53.5 Å². The van der Waals surface area contributed by atoms with Crippen LogP contribution in [0.3, 0.4) is 0 Å². The van der Waals surface area contributed by atoms with E-state index < -0.39 is 0 Å². The highest BCUT2D eigenvalue weighted by molar-refractivity contribution is 6.33. The first-order chi connectivity index (χ1) is 12.5. The van der Waals surface area contributed by atoms with Gasteiger partial charge in [-0.25, -0.2) is 4.99 Å².